The summed E-state index contributed by atoms with van der Waals surface area (Å²) in [7, 11) is 0. The highest BCUT2D eigenvalue weighted by atomic mass is 19.3. The summed E-state index contributed by atoms with van der Waals surface area (Å²) in [6.45, 7) is 9.30. The number of carbonyl (C=O) groups excluding carboxylic acids is 4. The van der Waals surface area contributed by atoms with E-state index in [2.05, 4.69) is 22.6 Å². The fourth-order valence-electron chi connectivity index (χ4n) is 0.932. The Bertz CT molecular complexity index is 714. The lowest BCUT2D eigenvalue weighted by Gasteiger charge is -2.27. The molecule has 188 valence electrons. The van der Waals surface area contributed by atoms with Crippen LogP contribution in [0, 0.1) is 0 Å². The van der Waals surface area contributed by atoms with E-state index in [1.165, 1.54) is 13.8 Å². The minimum Gasteiger partial charge on any atom is -0.477 e. The highest BCUT2D eigenvalue weighted by Crippen LogP contribution is 2.45. The van der Waals surface area contributed by atoms with Crippen LogP contribution in [0.3, 0.4) is 0 Å². The van der Waals surface area contributed by atoms with E-state index in [-0.39, 0.29) is 13.2 Å². The van der Waals surface area contributed by atoms with E-state index in [9.17, 15) is 55.1 Å². The molecule has 16 heteroatoms. The fourth-order valence-corrected chi connectivity index (χ4v) is 0.932. The van der Waals surface area contributed by atoms with Gasteiger partial charge in [-0.05, 0) is 13.8 Å². The molecule has 0 aliphatic carbocycles. The summed E-state index contributed by atoms with van der Waals surface area (Å²) in [4.78, 5) is 59.3. The third-order valence-electron chi connectivity index (χ3n) is 2.59. The third-order valence-corrected chi connectivity index (χ3v) is 2.59. The van der Waals surface area contributed by atoms with Crippen LogP contribution in [-0.4, -0.2) is 77.6 Å². The summed E-state index contributed by atoms with van der Waals surface area (Å²) in [5.74, 6) is -27.0. The number of carboxylic acid groups (broad SMARTS) is 2. The van der Waals surface area contributed by atoms with Crippen LogP contribution in [0.5, 0.6) is 0 Å². The molecule has 0 fully saturated rings. The maximum absolute atomic E-state index is 12.2. The van der Waals surface area contributed by atoms with Gasteiger partial charge in [-0.1, -0.05) is 13.2 Å². The van der Waals surface area contributed by atoms with Gasteiger partial charge in [-0.2, -0.15) is 26.3 Å². The Kier molecular flexibility index (Phi) is 14.8. The molecule has 0 bridgehead atoms. The number of carboxylic acids is 2. The number of carbonyl (C=O) groups is 6. The monoisotopic (exact) mass is 496 g/mol. The Hall–Kier alpha value is -3.72. The van der Waals surface area contributed by atoms with Gasteiger partial charge in [0.15, 0.2) is 12.6 Å². The van der Waals surface area contributed by atoms with Crippen molar-refractivity contribution in [2.75, 3.05) is 13.2 Å². The summed E-state index contributed by atoms with van der Waals surface area (Å²) >= 11 is 0. The average molecular weight is 496 g/mol. The number of rotatable bonds is 10. The zero-order valence-corrected chi connectivity index (χ0v) is 16.9. The second kappa shape index (κ2) is 14.4. The van der Waals surface area contributed by atoms with Gasteiger partial charge < -0.3 is 19.7 Å². The van der Waals surface area contributed by atoms with Gasteiger partial charge in [-0.25, -0.2) is 19.2 Å². The van der Waals surface area contributed by atoms with E-state index >= 15 is 0 Å². The first-order valence-electron chi connectivity index (χ1n) is 7.88. The van der Waals surface area contributed by atoms with Crippen molar-refractivity contribution in [1.82, 2.24) is 0 Å². The minimum absolute atomic E-state index is 0.189. The minimum atomic E-state index is -6.53. The molecule has 0 aliphatic rings. The third kappa shape index (κ3) is 10.9. The van der Waals surface area contributed by atoms with Crippen molar-refractivity contribution in [3.8, 4) is 0 Å². The van der Waals surface area contributed by atoms with Gasteiger partial charge >= 0.3 is 41.6 Å². The molecule has 0 aromatic carbocycles. The number of hydrogen-bond donors (Lipinski definition) is 2. The van der Waals surface area contributed by atoms with Crippen LogP contribution in [0.2, 0.25) is 0 Å². The normalized spacial score (nSPS) is 10.7. The largest absolute Gasteiger partial charge is 0.477 e. The van der Waals surface area contributed by atoms with Crippen LogP contribution in [0.15, 0.2) is 24.3 Å². The van der Waals surface area contributed by atoms with Gasteiger partial charge in [0.05, 0.1) is 0 Å². The Morgan fingerprint density at radius 2 is 0.970 bits per heavy atom. The van der Waals surface area contributed by atoms with Crippen molar-refractivity contribution < 1.29 is 74.8 Å². The zero-order valence-electron chi connectivity index (χ0n) is 16.9. The standard InChI is InChI=1S/2C6H8O3.C5H2F6O4/c2*1-5(2)6(8)9-4-3-7;6-3(7,1(12)13)5(10,11)4(8,9)2(14)15/h2*3H,1,4H2,2H3;(H,12,13)(H,14,15). The summed E-state index contributed by atoms with van der Waals surface area (Å²) in [6, 6.07) is 0. The number of alkyl halides is 6. The number of aliphatic carboxylic acids is 2. The quantitative estimate of drug-likeness (QED) is 0.197. The molecule has 0 rings (SSSR count). The Labute approximate surface area is 181 Å². The predicted molar refractivity (Wildman–Crippen MR) is 93.8 cm³/mol. The van der Waals surface area contributed by atoms with Crippen LogP contribution in [0.1, 0.15) is 13.8 Å². The second-order valence-corrected chi connectivity index (χ2v) is 5.42. The smallest absolute Gasteiger partial charge is 0.411 e. The zero-order chi connectivity index (χ0) is 27.2. The Morgan fingerprint density at radius 3 is 1.12 bits per heavy atom. The Balaban J connectivity index is -0.000000433. The first kappa shape index (κ1) is 33.9. The second-order valence-electron chi connectivity index (χ2n) is 5.42. The molecule has 0 unspecified atom stereocenters. The molecule has 0 saturated heterocycles. The maximum Gasteiger partial charge on any atom is 0.411 e. The van der Waals surface area contributed by atoms with E-state index in [0.29, 0.717) is 23.7 Å². The van der Waals surface area contributed by atoms with Crippen LogP contribution in [0.4, 0.5) is 26.3 Å². The summed E-state index contributed by atoms with van der Waals surface area (Å²) < 4.78 is 81.5. The van der Waals surface area contributed by atoms with Crippen molar-refractivity contribution in [1.29, 1.82) is 0 Å². The molecular weight excluding hydrogens is 478 g/mol. The number of esters is 2. The molecule has 0 aromatic rings. The maximum atomic E-state index is 12.2. The molecule has 0 saturated carbocycles. The first-order chi connectivity index (χ1) is 14.7. The van der Waals surface area contributed by atoms with Gasteiger partial charge in [-0.15, -0.1) is 0 Å². The first-order valence-corrected chi connectivity index (χ1v) is 7.88. The molecule has 0 aliphatic heterocycles. The molecule has 0 amide bonds. The molecule has 0 spiro atoms. The molecule has 0 heterocycles. The highest BCUT2D eigenvalue weighted by Gasteiger charge is 2.78. The fraction of sp³-hybridized carbons (Fsp3) is 0.412. The van der Waals surface area contributed by atoms with Crippen LogP contribution < -0.4 is 0 Å². The Morgan fingerprint density at radius 1 is 0.727 bits per heavy atom. The molecule has 0 aromatic heterocycles. The van der Waals surface area contributed by atoms with Gasteiger partial charge in [0.25, 0.3) is 0 Å². The SMILES string of the molecule is C=C(C)C(=O)OCC=O.C=C(C)C(=O)OCC=O.O=C(O)C(F)(F)C(F)(F)C(F)(F)C(=O)O. The molecule has 33 heavy (non-hydrogen) atoms. The lowest BCUT2D eigenvalue weighted by molar-refractivity contribution is -0.298. The number of aldehydes is 2. The average Bonchev–Trinajstić information content (AvgIpc) is 2.70. The molecular formula is C17H18F6O10. The van der Waals surface area contributed by atoms with Crippen LogP contribution >= 0.6 is 0 Å². The van der Waals surface area contributed by atoms with Crippen molar-refractivity contribution >= 4 is 36.4 Å². The van der Waals surface area contributed by atoms with Crippen LogP contribution in [-0.2, 0) is 38.2 Å². The number of halogens is 6. The van der Waals surface area contributed by atoms with Gasteiger partial charge in [0.1, 0.15) is 13.2 Å². The van der Waals surface area contributed by atoms with E-state index in [0.717, 1.165) is 0 Å². The molecule has 10 nitrogen and oxygen atoms in total. The van der Waals surface area contributed by atoms with E-state index in [4.69, 9.17) is 10.2 Å². The van der Waals surface area contributed by atoms with E-state index in [1.54, 1.807) is 0 Å². The summed E-state index contributed by atoms with van der Waals surface area (Å²) in [6.07, 6.45) is 1.03. The summed E-state index contributed by atoms with van der Waals surface area (Å²) in [5, 5.41) is 15.1. The van der Waals surface area contributed by atoms with E-state index in [1.807, 2.05) is 0 Å². The summed E-state index contributed by atoms with van der Waals surface area (Å²) in [5.41, 5.74) is 0.605. The van der Waals surface area contributed by atoms with Crippen molar-refractivity contribution in [2.24, 2.45) is 0 Å². The predicted octanol–water partition coefficient (Wildman–Crippen LogP) is 1.67. The van der Waals surface area contributed by atoms with Crippen molar-refractivity contribution in [3.05, 3.63) is 24.3 Å². The lowest BCUT2D eigenvalue weighted by atomic mass is 10.1. The topological polar surface area (TPSA) is 161 Å². The van der Waals surface area contributed by atoms with Gasteiger partial charge in [0.2, 0.25) is 0 Å². The molecule has 0 radical (unpaired) electrons. The van der Waals surface area contributed by atoms with Gasteiger partial charge in [-0.3, -0.25) is 9.59 Å². The van der Waals surface area contributed by atoms with Crippen LogP contribution in [0.25, 0.3) is 0 Å². The molecule has 2 N–H and O–H groups in total. The van der Waals surface area contributed by atoms with Gasteiger partial charge in [0, 0.05) is 11.1 Å². The van der Waals surface area contributed by atoms with E-state index < -0.39 is 41.6 Å². The van der Waals surface area contributed by atoms with Crippen molar-refractivity contribution in [2.45, 2.75) is 31.6 Å². The lowest BCUT2D eigenvalue weighted by Crippen LogP contribution is -2.60. The highest BCUT2D eigenvalue weighted by molar-refractivity contribution is 5.88. The molecule has 0 atom stereocenters. The number of ether oxygens (including phenoxy) is 2. The number of hydrogen-bond acceptors (Lipinski definition) is 8. The van der Waals surface area contributed by atoms with Crippen molar-refractivity contribution in [3.63, 3.8) is 0 Å².